The van der Waals surface area contributed by atoms with Crippen molar-refractivity contribution in [1.82, 2.24) is 9.80 Å². The van der Waals surface area contributed by atoms with Crippen LogP contribution in [0.4, 0.5) is 0 Å². The number of carbonyl (C=O) groups excluding carboxylic acids is 1. The molecular weight excluding hydrogens is 372 g/mol. The molecule has 2 aromatic rings. The summed E-state index contributed by atoms with van der Waals surface area (Å²) >= 11 is 6.32. The molecule has 5 heteroatoms. The van der Waals surface area contributed by atoms with E-state index < -0.39 is 0 Å². The summed E-state index contributed by atoms with van der Waals surface area (Å²) < 4.78 is 5.23. The van der Waals surface area contributed by atoms with Crippen LogP contribution in [0.25, 0.3) is 0 Å². The highest BCUT2D eigenvalue weighted by Crippen LogP contribution is 2.50. The number of halogens is 1. The topological polar surface area (TPSA) is 32.8 Å². The van der Waals surface area contributed by atoms with Crippen LogP contribution in [0.3, 0.4) is 0 Å². The lowest BCUT2D eigenvalue weighted by atomic mass is 10.1. The van der Waals surface area contributed by atoms with E-state index in [1.54, 1.807) is 7.11 Å². The standard InChI is InChI=1S/C23H27ClN2O2/c1-28-18-9-7-17(8-10-18)16-25-11-4-12-26(14-13-25)23(27)21-15-20(21)19-5-2-3-6-22(19)24/h2-3,5-10,20-21H,4,11-16H2,1H3. The van der Waals surface area contributed by atoms with Gasteiger partial charge in [-0.1, -0.05) is 41.9 Å². The van der Waals surface area contributed by atoms with Gasteiger partial charge in [0.25, 0.3) is 0 Å². The first-order valence-electron chi connectivity index (χ1n) is 10.0. The molecule has 4 rings (SSSR count). The van der Waals surface area contributed by atoms with Gasteiger partial charge in [-0.25, -0.2) is 0 Å². The quantitative estimate of drug-likeness (QED) is 0.757. The Morgan fingerprint density at radius 1 is 1.07 bits per heavy atom. The number of nitrogens with zero attached hydrogens (tertiary/aromatic N) is 2. The zero-order valence-electron chi connectivity index (χ0n) is 16.3. The minimum absolute atomic E-state index is 0.105. The molecule has 1 amide bonds. The van der Waals surface area contributed by atoms with Crippen LogP contribution in [0.15, 0.2) is 48.5 Å². The predicted molar refractivity (Wildman–Crippen MR) is 112 cm³/mol. The van der Waals surface area contributed by atoms with Crippen molar-refractivity contribution in [2.75, 3.05) is 33.3 Å². The van der Waals surface area contributed by atoms with Crippen molar-refractivity contribution in [2.24, 2.45) is 5.92 Å². The van der Waals surface area contributed by atoms with Crippen molar-refractivity contribution in [1.29, 1.82) is 0 Å². The second kappa shape index (κ2) is 8.54. The van der Waals surface area contributed by atoms with Crippen LogP contribution in [-0.4, -0.2) is 49.0 Å². The van der Waals surface area contributed by atoms with E-state index in [2.05, 4.69) is 28.0 Å². The number of ether oxygens (including phenoxy) is 1. The summed E-state index contributed by atoms with van der Waals surface area (Å²) in [4.78, 5) is 17.5. The van der Waals surface area contributed by atoms with Gasteiger partial charge in [-0.05, 0) is 48.1 Å². The average Bonchev–Trinajstić information content (AvgIpc) is 3.53. The van der Waals surface area contributed by atoms with Crippen molar-refractivity contribution in [3.63, 3.8) is 0 Å². The molecule has 1 heterocycles. The minimum Gasteiger partial charge on any atom is -0.497 e. The first-order chi connectivity index (χ1) is 13.7. The summed E-state index contributed by atoms with van der Waals surface area (Å²) in [7, 11) is 1.69. The maximum atomic E-state index is 13.0. The molecule has 28 heavy (non-hydrogen) atoms. The Bertz CT molecular complexity index is 824. The maximum Gasteiger partial charge on any atom is 0.226 e. The highest BCUT2D eigenvalue weighted by molar-refractivity contribution is 6.31. The van der Waals surface area contributed by atoms with Crippen LogP contribution in [0.5, 0.6) is 5.75 Å². The van der Waals surface area contributed by atoms with E-state index in [-0.39, 0.29) is 5.92 Å². The first-order valence-corrected chi connectivity index (χ1v) is 10.4. The molecule has 2 aliphatic rings. The average molecular weight is 399 g/mol. The second-order valence-electron chi connectivity index (χ2n) is 7.77. The number of amides is 1. The summed E-state index contributed by atoms with van der Waals surface area (Å²) in [5, 5.41) is 0.782. The molecule has 4 nitrogen and oxygen atoms in total. The van der Waals surface area contributed by atoms with E-state index in [4.69, 9.17) is 16.3 Å². The maximum absolute atomic E-state index is 13.0. The van der Waals surface area contributed by atoms with Crippen LogP contribution < -0.4 is 4.74 Å². The molecule has 1 aliphatic heterocycles. The third kappa shape index (κ3) is 4.34. The van der Waals surface area contributed by atoms with Crippen molar-refractivity contribution in [2.45, 2.75) is 25.3 Å². The molecule has 1 aliphatic carbocycles. The predicted octanol–water partition coefficient (Wildman–Crippen LogP) is 4.19. The van der Waals surface area contributed by atoms with Gasteiger partial charge in [-0.3, -0.25) is 9.69 Å². The third-order valence-corrected chi connectivity index (χ3v) is 6.22. The lowest BCUT2D eigenvalue weighted by Gasteiger charge is -2.22. The van der Waals surface area contributed by atoms with Gasteiger partial charge in [0.1, 0.15) is 5.75 Å². The number of hydrogen-bond acceptors (Lipinski definition) is 3. The van der Waals surface area contributed by atoms with Crippen molar-refractivity contribution in [3.8, 4) is 5.75 Å². The van der Waals surface area contributed by atoms with Gasteiger partial charge in [0.05, 0.1) is 7.11 Å². The normalized spacial score (nSPS) is 22.6. The molecule has 1 saturated carbocycles. The molecule has 0 aromatic heterocycles. The Hall–Kier alpha value is -2.04. The smallest absolute Gasteiger partial charge is 0.226 e. The minimum atomic E-state index is 0.105. The zero-order valence-corrected chi connectivity index (χ0v) is 17.1. The van der Waals surface area contributed by atoms with E-state index in [9.17, 15) is 4.79 Å². The SMILES string of the molecule is COc1ccc(CN2CCCN(C(=O)C3CC3c3ccccc3Cl)CC2)cc1. The summed E-state index contributed by atoms with van der Waals surface area (Å²) in [6.45, 7) is 4.51. The second-order valence-corrected chi connectivity index (χ2v) is 8.18. The fraction of sp³-hybridized carbons (Fsp3) is 0.435. The van der Waals surface area contributed by atoms with Gasteiger partial charge in [-0.15, -0.1) is 0 Å². The molecule has 0 radical (unpaired) electrons. The van der Waals surface area contributed by atoms with Gasteiger partial charge in [0, 0.05) is 43.7 Å². The van der Waals surface area contributed by atoms with Crippen LogP contribution in [0.1, 0.15) is 29.9 Å². The van der Waals surface area contributed by atoms with E-state index >= 15 is 0 Å². The molecule has 0 spiro atoms. The van der Waals surface area contributed by atoms with E-state index in [1.165, 1.54) is 5.56 Å². The van der Waals surface area contributed by atoms with Crippen molar-refractivity contribution >= 4 is 17.5 Å². The molecule has 2 atom stereocenters. The number of methoxy groups -OCH3 is 1. The summed E-state index contributed by atoms with van der Waals surface area (Å²) in [5.41, 5.74) is 2.40. The Labute approximate surface area is 172 Å². The van der Waals surface area contributed by atoms with E-state index in [0.717, 1.165) is 61.9 Å². The van der Waals surface area contributed by atoms with Crippen LogP contribution >= 0.6 is 11.6 Å². The van der Waals surface area contributed by atoms with Crippen molar-refractivity contribution in [3.05, 3.63) is 64.7 Å². The molecular formula is C23H27ClN2O2. The molecule has 148 valence electrons. The van der Waals surface area contributed by atoms with Gasteiger partial charge in [-0.2, -0.15) is 0 Å². The number of rotatable bonds is 5. The zero-order chi connectivity index (χ0) is 19.5. The largest absolute Gasteiger partial charge is 0.497 e. The molecule has 1 saturated heterocycles. The Morgan fingerprint density at radius 2 is 1.86 bits per heavy atom. The molecule has 0 bridgehead atoms. The fourth-order valence-corrected chi connectivity index (χ4v) is 4.44. The Kier molecular flexibility index (Phi) is 5.88. The number of carbonyl (C=O) groups is 1. The van der Waals surface area contributed by atoms with E-state index in [1.807, 2.05) is 30.3 Å². The summed E-state index contributed by atoms with van der Waals surface area (Å²) in [6.07, 6.45) is 1.94. The van der Waals surface area contributed by atoms with Gasteiger partial charge in [0.2, 0.25) is 5.91 Å². The highest BCUT2D eigenvalue weighted by Gasteiger charge is 2.46. The fourth-order valence-electron chi connectivity index (χ4n) is 4.16. The van der Waals surface area contributed by atoms with Crippen LogP contribution in [-0.2, 0) is 11.3 Å². The summed E-state index contributed by atoms with van der Waals surface area (Å²) in [5.74, 6) is 1.58. The first kappa shape index (κ1) is 19.3. The van der Waals surface area contributed by atoms with Crippen LogP contribution in [0.2, 0.25) is 5.02 Å². The van der Waals surface area contributed by atoms with Crippen molar-refractivity contribution < 1.29 is 9.53 Å². The lowest BCUT2D eigenvalue weighted by Crippen LogP contribution is -2.36. The van der Waals surface area contributed by atoms with Gasteiger partial charge in [0.15, 0.2) is 0 Å². The number of hydrogen-bond donors (Lipinski definition) is 0. The van der Waals surface area contributed by atoms with Gasteiger partial charge < -0.3 is 9.64 Å². The summed E-state index contributed by atoms with van der Waals surface area (Å²) in [6, 6.07) is 16.2. The van der Waals surface area contributed by atoms with E-state index in [0.29, 0.717) is 11.8 Å². The third-order valence-electron chi connectivity index (χ3n) is 5.88. The monoisotopic (exact) mass is 398 g/mol. The van der Waals surface area contributed by atoms with Crippen LogP contribution in [0, 0.1) is 5.92 Å². The highest BCUT2D eigenvalue weighted by atomic mass is 35.5. The molecule has 2 aromatic carbocycles. The Morgan fingerprint density at radius 3 is 2.61 bits per heavy atom. The number of benzene rings is 2. The lowest BCUT2D eigenvalue weighted by molar-refractivity contribution is -0.132. The Balaban J connectivity index is 1.31. The van der Waals surface area contributed by atoms with Gasteiger partial charge >= 0.3 is 0 Å². The molecule has 2 unspecified atom stereocenters. The molecule has 0 N–H and O–H groups in total. The molecule has 2 fully saturated rings.